The molecule has 0 radical (unpaired) electrons. The van der Waals surface area contributed by atoms with Crippen LogP contribution in [0, 0.1) is 6.92 Å². The average molecular weight is 260 g/mol. The Bertz CT molecular complexity index is 728. The van der Waals surface area contributed by atoms with Gasteiger partial charge in [0.25, 0.3) is 0 Å². The number of benzene rings is 1. The maximum Gasteiger partial charge on any atom is 0.338 e. The van der Waals surface area contributed by atoms with Crippen molar-refractivity contribution in [2.24, 2.45) is 5.73 Å². The lowest BCUT2D eigenvalue weighted by molar-refractivity contribution is 0.0698. The fraction of sp³-hybridized carbons (Fsp3) is 0.154. The highest BCUT2D eigenvalue weighted by Crippen LogP contribution is 2.29. The Morgan fingerprint density at radius 1 is 1.26 bits per heavy atom. The summed E-state index contributed by atoms with van der Waals surface area (Å²) in [5, 5.41) is 9.49. The second-order valence-electron chi connectivity index (χ2n) is 4.18. The third-order valence-corrected chi connectivity index (χ3v) is 3.02. The van der Waals surface area contributed by atoms with Crippen LogP contribution < -0.4 is 5.73 Å². The summed E-state index contributed by atoms with van der Waals surface area (Å²) in [6.45, 7) is 2.85. The number of nitrogens with zero attached hydrogens (tertiary/aromatic N) is 1. The van der Waals surface area contributed by atoms with Crippen LogP contribution in [0.1, 0.15) is 38.1 Å². The molecule has 1 aromatic carbocycles. The van der Waals surface area contributed by atoms with Gasteiger partial charge in [0.05, 0.1) is 11.1 Å². The van der Waals surface area contributed by atoms with Gasteiger partial charge in [-0.1, -0.05) is 6.07 Å². The average Bonchev–Trinajstić information content (AvgIpc) is 2.59. The van der Waals surface area contributed by atoms with Gasteiger partial charge in [0.2, 0.25) is 11.8 Å². The van der Waals surface area contributed by atoms with Crippen molar-refractivity contribution < 1.29 is 19.5 Å². The Morgan fingerprint density at radius 2 is 1.89 bits per heavy atom. The minimum Gasteiger partial charge on any atom is -0.478 e. The summed E-state index contributed by atoms with van der Waals surface area (Å²) in [4.78, 5) is 34.4. The summed E-state index contributed by atoms with van der Waals surface area (Å²) in [6.07, 6.45) is 0. The van der Waals surface area contributed by atoms with Crippen LogP contribution in [0.2, 0.25) is 0 Å². The highest BCUT2D eigenvalue weighted by molar-refractivity contribution is 6.16. The van der Waals surface area contributed by atoms with E-state index in [1.165, 1.54) is 24.5 Å². The summed E-state index contributed by atoms with van der Waals surface area (Å²) in [5.41, 5.74) is 5.94. The molecule has 0 bridgehead atoms. The molecule has 1 amide bonds. The molecule has 3 N–H and O–H groups in total. The molecule has 6 nitrogen and oxygen atoms in total. The molecule has 1 heterocycles. The summed E-state index contributed by atoms with van der Waals surface area (Å²) < 4.78 is 1.27. The summed E-state index contributed by atoms with van der Waals surface area (Å²) in [7, 11) is 0. The number of primary amides is 1. The zero-order valence-electron chi connectivity index (χ0n) is 10.4. The van der Waals surface area contributed by atoms with E-state index in [0.29, 0.717) is 5.52 Å². The molecule has 0 spiro atoms. The van der Waals surface area contributed by atoms with Crippen LogP contribution in [-0.4, -0.2) is 27.5 Å². The van der Waals surface area contributed by atoms with Crippen LogP contribution in [0.25, 0.3) is 10.9 Å². The van der Waals surface area contributed by atoms with Crippen molar-refractivity contribution >= 4 is 28.7 Å². The van der Waals surface area contributed by atoms with Crippen molar-refractivity contribution in [3.05, 3.63) is 35.0 Å². The summed E-state index contributed by atoms with van der Waals surface area (Å²) in [5.74, 6) is -2.25. The normalized spacial score (nSPS) is 10.6. The first-order valence-electron chi connectivity index (χ1n) is 5.54. The first kappa shape index (κ1) is 12.8. The predicted molar refractivity (Wildman–Crippen MR) is 68.5 cm³/mol. The van der Waals surface area contributed by atoms with Gasteiger partial charge in [-0.2, -0.15) is 0 Å². The van der Waals surface area contributed by atoms with Crippen molar-refractivity contribution in [1.82, 2.24) is 4.57 Å². The lowest BCUT2D eigenvalue weighted by atomic mass is 10.0. The molecule has 0 unspecified atom stereocenters. The first-order chi connectivity index (χ1) is 8.86. The molecule has 2 aromatic rings. The predicted octanol–water partition coefficient (Wildman–Crippen LogP) is 1.41. The van der Waals surface area contributed by atoms with Crippen molar-refractivity contribution in [1.29, 1.82) is 0 Å². The number of carbonyl (C=O) groups excluding carboxylic acids is 2. The van der Waals surface area contributed by atoms with Gasteiger partial charge in [-0.3, -0.25) is 14.2 Å². The highest BCUT2D eigenvalue weighted by atomic mass is 16.4. The standard InChI is InChI=1S/C13H12N2O4/c1-6-10(13(18)19)11-8(12(14)17)4-3-5-9(11)15(6)7(2)16/h3-5H,1-2H3,(H2,14,17)(H,18,19). The van der Waals surface area contributed by atoms with E-state index in [0.717, 1.165) is 0 Å². The quantitative estimate of drug-likeness (QED) is 0.851. The number of rotatable bonds is 2. The smallest absolute Gasteiger partial charge is 0.338 e. The molecular weight excluding hydrogens is 248 g/mol. The molecule has 19 heavy (non-hydrogen) atoms. The van der Waals surface area contributed by atoms with E-state index in [1.807, 2.05) is 0 Å². The van der Waals surface area contributed by atoms with E-state index < -0.39 is 11.9 Å². The van der Waals surface area contributed by atoms with E-state index in [2.05, 4.69) is 0 Å². The highest BCUT2D eigenvalue weighted by Gasteiger charge is 2.24. The minimum atomic E-state index is -1.20. The first-order valence-corrected chi connectivity index (χ1v) is 5.54. The number of aromatic nitrogens is 1. The van der Waals surface area contributed by atoms with Gasteiger partial charge in [-0.05, 0) is 19.1 Å². The number of fused-ring (bicyclic) bond motifs is 1. The van der Waals surface area contributed by atoms with Crippen molar-refractivity contribution in [3.63, 3.8) is 0 Å². The van der Waals surface area contributed by atoms with Crippen LogP contribution in [0.4, 0.5) is 0 Å². The van der Waals surface area contributed by atoms with Gasteiger partial charge in [0.15, 0.2) is 0 Å². The van der Waals surface area contributed by atoms with Crippen molar-refractivity contribution in [2.45, 2.75) is 13.8 Å². The van der Waals surface area contributed by atoms with Gasteiger partial charge in [0, 0.05) is 23.6 Å². The third kappa shape index (κ3) is 1.77. The number of hydrogen-bond donors (Lipinski definition) is 2. The summed E-state index contributed by atoms with van der Waals surface area (Å²) in [6, 6.07) is 4.59. The molecule has 0 saturated carbocycles. The molecule has 6 heteroatoms. The lowest BCUT2D eigenvalue weighted by Crippen LogP contribution is -2.12. The molecule has 0 aliphatic rings. The van der Waals surface area contributed by atoms with E-state index in [1.54, 1.807) is 12.1 Å². The molecule has 1 aromatic heterocycles. The molecule has 2 rings (SSSR count). The number of hydrogen-bond acceptors (Lipinski definition) is 3. The fourth-order valence-corrected chi connectivity index (χ4v) is 2.34. The number of carbonyl (C=O) groups is 3. The lowest BCUT2D eigenvalue weighted by Gasteiger charge is -2.02. The molecular formula is C13H12N2O4. The zero-order chi connectivity index (χ0) is 14.3. The number of nitrogens with two attached hydrogens (primary N) is 1. The van der Waals surface area contributed by atoms with Crippen molar-refractivity contribution in [3.8, 4) is 0 Å². The number of aromatic carboxylic acids is 1. The number of carboxylic acid groups (broad SMARTS) is 1. The van der Waals surface area contributed by atoms with E-state index in [9.17, 15) is 19.5 Å². The monoisotopic (exact) mass is 260 g/mol. The Kier molecular flexibility index (Phi) is 2.86. The van der Waals surface area contributed by atoms with Crippen molar-refractivity contribution in [2.75, 3.05) is 0 Å². The Morgan fingerprint density at radius 3 is 2.37 bits per heavy atom. The topological polar surface area (TPSA) is 102 Å². The molecule has 0 saturated heterocycles. The third-order valence-electron chi connectivity index (χ3n) is 3.02. The van der Waals surface area contributed by atoms with Crippen LogP contribution in [0.3, 0.4) is 0 Å². The molecule has 0 atom stereocenters. The molecule has 0 fully saturated rings. The van der Waals surface area contributed by atoms with Crippen LogP contribution >= 0.6 is 0 Å². The van der Waals surface area contributed by atoms with Crippen LogP contribution in [0.5, 0.6) is 0 Å². The Balaban J connectivity index is 3.07. The number of carboxylic acids is 1. The van der Waals surface area contributed by atoms with Crippen LogP contribution in [0.15, 0.2) is 18.2 Å². The van der Waals surface area contributed by atoms with E-state index in [-0.39, 0.29) is 28.1 Å². The van der Waals surface area contributed by atoms with E-state index in [4.69, 9.17) is 5.73 Å². The van der Waals surface area contributed by atoms with Gasteiger partial charge in [0.1, 0.15) is 0 Å². The van der Waals surface area contributed by atoms with Gasteiger partial charge in [-0.25, -0.2) is 4.79 Å². The molecule has 0 aliphatic carbocycles. The Hall–Kier alpha value is -2.63. The maximum absolute atomic E-state index is 11.7. The summed E-state index contributed by atoms with van der Waals surface area (Å²) >= 11 is 0. The zero-order valence-corrected chi connectivity index (χ0v) is 10.4. The fourth-order valence-electron chi connectivity index (χ4n) is 2.34. The van der Waals surface area contributed by atoms with Crippen LogP contribution in [-0.2, 0) is 0 Å². The maximum atomic E-state index is 11.7. The largest absolute Gasteiger partial charge is 0.478 e. The number of amides is 1. The second-order valence-corrected chi connectivity index (χ2v) is 4.18. The van der Waals surface area contributed by atoms with Gasteiger partial charge in [-0.15, -0.1) is 0 Å². The Labute approximate surface area is 108 Å². The second kappa shape index (κ2) is 4.24. The SMILES string of the molecule is CC(=O)n1c(C)c(C(=O)O)c2c(C(N)=O)cccc21. The van der Waals surface area contributed by atoms with Gasteiger partial charge >= 0.3 is 5.97 Å². The van der Waals surface area contributed by atoms with Gasteiger partial charge < -0.3 is 10.8 Å². The molecule has 98 valence electrons. The molecule has 0 aliphatic heterocycles. The minimum absolute atomic E-state index is 0.0698. The van der Waals surface area contributed by atoms with E-state index >= 15 is 0 Å².